The summed E-state index contributed by atoms with van der Waals surface area (Å²) in [5.41, 5.74) is 2.53. The fourth-order valence-electron chi connectivity index (χ4n) is 1.88. The number of rotatable bonds is 12. The Hall–Kier alpha value is -0.210. The first-order valence-corrected chi connectivity index (χ1v) is 8.69. The summed E-state index contributed by atoms with van der Waals surface area (Å²) in [6, 6.07) is 8.35. The summed E-state index contributed by atoms with van der Waals surface area (Å²) in [5.74, 6) is 0. The van der Waals surface area contributed by atoms with Gasteiger partial charge in [-0.05, 0) is 18.1 Å². The number of aryl methyl sites for hydroxylation is 1. The summed E-state index contributed by atoms with van der Waals surface area (Å²) in [6.45, 7) is 5.72. The van der Waals surface area contributed by atoms with E-state index in [2.05, 4.69) is 53.8 Å². The molecule has 1 unspecified atom stereocenters. The van der Waals surface area contributed by atoms with Crippen LogP contribution >= 0.6 is 22.6 Å². The summed E-state index contributed by atoms with van der Waals surface area (Å²) < 4.78 is 22.5. The molecule has 0 saturated carbocycles. The molecule has 0 heterocycles. The average molecular weight is 408 g/mol. The van der Waals surface area contributed by atoms with E-state index in [1.165, 1.54) is 11.1 Å². The quantitative estimate of drug-likeness (QED) is 0.303. The van der Waals surface area contributed by atoms with Crippen molar-refractivity contribution >= 4 is 22.6 Å². The minimum atomic E-state index is 0.133. The lowest BCUT2D eigenvalue weighted by atomic mass is 10.0. The van der Waals surface area contributed by atoms with E-state index in [-0.39, 0.29) is 6.10 Å². The van der Waals surface area contributed by atoms with Crippen molar-refractivity contribution < 1.29 is 18.9 Å². The molecule has 0 aliphatic carbocycles. The van der Waals surface area contributed by atoms with Crippen molar-refractivity contribution in [2.45, 2.75) is 13.0 Å². The molecule has 0 amide bonds. The van der Waals surface area contributed by atoms with Gasteiger partial charge in [-0.15, -0.1) is 0 Å². The van der Waals surface area contributed by atoms with Crippen molar-refractivity contribution in [1.82, 2.24) is 0 Å². The third-order valence-electron chi connectivity index (χ3n) is 3.03. The van der Waals surface area contributed by atoms with Crippen LogP contribution in [0, 0.1) is 6.92 Å². The van der Waals surface area contributed by atoms with E-state index in [0.29, 0.717) is 39.6 Å². The van der Waals surface area contributed by atoms with Crippen molar-refractivity contribution in [1.29, 1.82) is 0 Å². The highest BCUT2D eigenvalue weighted by Gasteiger charge is 2.12. The largest absolute Gasteiger partial charge is 0.382 e. The first kappa shape index (κ1) is 18.8. The van der Waals surface area contributed by atoms with Gasteiger partial charge in [0.25, 0.3) is 0 Å². The number of methoxy groups -OCH3 is 1. The van der Waals surface area contributed by atoms with E-state index in [9.17, 15) is 0 Å². The maximum Gasteiger partial charge on any atom is 0.0917 e. The predicted octanol–water partition coefficient (Wildman–Crippen LogP) is 3.17. The average Bonchev–Trinajstić information content (AvgIpc) is 2.50. The van der Waals surface area contributed by atoms with Gasteiger partial charge in [-0.2, -0.15) is 0 Å². The van der Waals surface area contributed by atoms with Gasteiger partial charge in [0.2, 0.25) is 0 Å². The van der Waals surface area contributed by atoms with E-state index >= 15 is 0 Å². The highest BCUT2D eigenvalue weighted by atomic mass is 127. The van der Waals surface area contributed by atoms with Crippen molar-refractivity contribution in [3.8, 4) is 0 Å². The molecule has 0 spiro atoms. The first-order chi connectivity index (χ1) is 10.3. The minimum Gasteiger partial charge on any atom is -0.382 e. The monoisotopic (exact) mass is 408 g/mol. The summed E-state index contributed by atoms with van der Waals surface area (Å²) >= 11 is 2.36. The molecule has 1 atom stereocenters. The SMILES string of the molecule is COCCOCCOCCOC(CI)c1ccccc1C. The van der Waals surface area contributed by atoms with Gasteiger partial charge in [0.15, 0.2) is 0 Å². The van der Waals surface area contributed by atoms with Crippen LogP contribution in [0.5, 0.6) is 0 Å². The number of hydrogen-bond acceptors (Lipinski definition) is 4. The Morgan fingerprint density at radius 3 is 2.19 bits per heavy atom. The Kier molecular flexibility index (Phi) is 11.1. The number of hydrogen-bond donors (Lipinski definition) is 0. The summed E-state index contributed by atoms with van der Waals surface area (Å²) in [7, 11) is 1.66. The Morgan fingerprint density at radius 2 is 1.57 bits per heavy atom. The van der Waals surface area contributed by atoms with E-state index < -0.39 is 0 Å². The minimum absolute atomic E-state index is 0.133. The molecule has 1 rings (SSSR count). The van der Waals surface area contributed by atoms with Gasteiger partial charge in [-0.3, -0.25) is 0 Å². The Morgan fingerprint density at radius 1 is 0.952 bits per heavy atom. The van der Waals surface area contributed by atoms with Crippen LogP contribution in [0.2, 0.25) is 0 Å². The maximum atomic E-state index is 5.91. The van der Waals surface area contributed by atoms with Gasteiger partial charge in [-0.1, -0.05) is 46.9 Å². The molecule has 120 valence electrons. The third kappa shape index (κ3) is 8.11. The Labute approximate surface area is 141 Å². The zero-order chi connectivity index (χ0) is 15.3. The van der Waals surface area contributed by atoms with Gasteiger partial charge < -0.3 is 18.9 Å². The second-order valence-corrected chi connectivity index (χ2v) is 5.47. The van der Waals surface area contributed by atoms with Crippen LogP contribution in [0.15, 0.2) is 24.3 Å². The smallest absolute Gasteiger partial charge is 0.0917 e. The molecular weight excluding hydrogens is 383 g/mol. The van der Waals surface area contributed by atoms with Gasteiger partial charge in [-0.25, -0.2) is 0 Å². The highest BCUT2D eigenvalue weighted by molar-refractivity contribution is 14.1. The van der Waals surface area contributed by atoms with E-state index in [1.807, 2.05) is 0 Å². The molecule has 0 radical (unpaired) electrons. The van der Waals surface area contributed by atoms with Crippen LogP contribution in [0.25, 0.3) is 0 Å². The lowest BCUT2D eigenvalue weighted by Crippen LogP contribution is -2.14. The summed E-state index contributed by atoms with van der Waals surface area (Å²) in [6.07, 6.45) is 0.133. The molecule has 0 saturated heterocycles. The lowest BCUT2D eigenvalue weighted by Gasteiger charge is -2.18. The molecule has 21 heavy (non-hydrogen) atoms. The van der Waals surface area contributed by atoms with Crippen molar-refractivity contribution in [3.63, 3.8) is 0 Å². The van der Waals surface area contributed by atoms with Crippen LogP contribution in [0.1, 0.15) is 17.2 Å². The molecule has 0 N–H and O–H groups in total. The van der Waals surface area contributed by atoms with Crippen LogP contribution in [0.3, 0.4) is 0 Å². The van der Waals surface area contributed by atoms with Crippen LogP contribution in [0.4, 0.5) is 0 Å². The molecule has 0 bridgehead atoms. The van der Waals surface area contributed by atoms with E-state index in [4.69, 9.17) is 18.9 Å². The molecule has 1 aromatic rings. The first-order valence-electron chi connectivity index (χ1n) is 7.17. The molecule has 0 aliphatic rings. The molecule has 0 aliphatic heterocycles. The zero-order valence-electron chi connectivity index (χ0n) is 12.8. The molecule has 4 nitrogen and oxygen atoms in total. The van der Waals surface area contributed by atoms with Crippen molar-refractivity contribution in [2.75, 3.05) is 51.2 Å². The standard InChI is InChI=1S/C16H25IO4/c1-14-5-3-4-6-15(14)16(13-17)21-12-11-20-10-9-19-8-7-18-2/h3-6,16H,7-13H2,1-2H3. The summed E-state index contributed by atoms with van der Waals surface area (Å²) in [5, 5.41) is 0. The number of halogens is 1. The Bertz CT molecular complexity index is 373. The van der Waals surface area contributed by atoms with Gasteiger partial charge in [0, 0.05) is 11.5 Å². The molecule has 0 aromatic heterocycles. The molecular formula is C16H25IO4. The number of benzene rings is 1. The van der Waals surface area contributed by atoms with Crippen LogP contribution in [-0.4, -0.2) is 51.2 Å². The van der Waals surface area contributed by atoms with Gasteiger partial charge in [0.1, 0.15) is 0 Å². The topological polar surface area (TPSA) is 36.9 Å². The lowest BCUT2D eigenvalue weighted by molar-refractivity contribution is -0.0110. The second-order valence-electron chi connectivity index (χ2n) is 4.59. The van der Waals surface area contributed by atoms with Gasteiger partial charge >= 0.3 is 0 Å². The summed E-state index contributed by atoms with van der Waals surface area (Å²) in [4.78, 5) is 0. The number of ether oxygens (including phenoxy) is 4. The highest BCUT2D eigenvalue weighted by Crippen LogP contribution is 2.22. The van der Waals surface area contributed by atoms with Crippen molar-refractivity contribution in [2.24, 2.45) is 0 Å². The van der Waals surface area contributed by atoms with Gasteiger partial charge in [0.05, 0.1) is 45.7 Å². The van der Waals surface area contributed by atoms with E-state index in [0.717, 1.165) is 4.43 Å². The van der Waals surface area contributed by atoms with Crippen LogP contribution in [-0.2, 0) is 18.9 Å². The fourth-order valence-corrected chi connectivity index (χ4v) is 2.61. The van der Waals surface area contributed by atoms with Crippen molar-refractivity contribution in [3.05, 3.63) is 35.4 Å². The second kappa shape index (κ2) is 12.3. The Balaban J connectivity index is 2.12. The molecule has 0 fully saturated rings. The molecule has 1 aromatic carbocycles. The maximum absolute atomic E-state index is 5.91. The molecule has 5 heteroatoms. The van der Waals surface area contributed by atoms with E-state index in [1.54, 1.807) is 7.11 Å². The predicted molar refractivity (Wildman–Crippen MR) is 92.3 cm³/mol. The third-order valence-corrected chi connectivity index (χ3v) is 3.83. The number of alkyl halides is 1. The van der Waals surface area contributed by atoms with Crippen LogP contribution < -0.4 is 0 Å². The fraction of sp³-hybridized carbons (Fsp3) is 0.625. The zero-order valence-corrected chi connectivity index (χ0v) is 15.0. The normalized spacial score (nSPS) is 12.5.